The summed E-state index contributed by atoms with van der Waals surface area (Å²) in [5.74, 6) is -8.08. The van der Waals surface area contributed by atoms with E-state index in [-0.39, 0.29) is 24.1 Å². The zero-order valence-electron chi connectivity index (χ0n) is 23.0. The number of aliphatic hydroxyl groups excluding tert-OH is 3. The molecular weight excluding hydrogens is 603 g/mol. The van der Waals surface area contributed by atoms with Crippen molar-refractivity contribution in [3.05, 3.63) is 35.8 Å². The van der Waals surface area contributed by atoms with E-state index in [1.807, 2.05) is 0 Å². The highest BCUT2D eigenvalue weighted by molar-refractivity contribution is 8.01. The van der Waals surface area contributed by atoms with Crippen LogP contribution >= 0.6 is 11.8 Å². The van der Waals surface area contributed by atoms with Crippen LogP contribution in [0.4, 0.5) is 22.0 Å². The number of piperidine rings is 1. The maximum Gasteiger partial charge on any atom is 0.248 e. The molecule has 0 unspecified atom stereocenters. The Kier molecular flexibility index (Phi) is 9.35. The Balaban J connectivity index is 1.44. The van der Waals surface area contributed by atoms with Crippen LogP contribution in [0, 0.1) is 17.5 Å². The van der Waals surface area contributed by atoms with Gasteiger partial charge in [-0.1, -0.05) is 5.21 Å². The van der Waals surface area contributed by atoms with E-state index in [4.69, 9.17) is 4.74 Å². The number of hydrogen-bond acceptors (Lipinski definition) is 9. The van der Waals surface area contributed by atoms with Crippen molar-refractivity contribution in [2.75, 3.05) is 19.7 Å². The number of hydrogen-bond donors (Lipinski definition) is 4. The molecule has 1 amide bonds. The minimum Gasteiger partial charge on any atom is -0.394 e. The van der Waals surface area contributed by atoms with Gasteiger partial charge < -0.3 is 30.1 Å². The molecule has 238 valence electrons. The number of likely N-dealkylation sites (tertiary alicyclic amines) is 1. The molecule has 3 fully saturated rings. The van der Waals surface area contributed by atoms with E-state index in [1.165, 1.54) is 0 Å². The molecule has 0 radical (unpaired) electrons. The smallest absolute Gasteiger partial charge is 0.248 e. The maximum absolute atomic E-state index is 14.0. The zero-order valence-corrected chi connectivity index (χ0v) is 23.8. The molecule has 0 bridgehead atoms. The summed E-state index contributed by atoms with van der Waals surface area (Å²) in [4.78, 5) is 15.3. The van der Waals surface area contributed by atoms with Gasteiger partial charge in [0.2, 0.25) is 11.8 Å². The van der Waals surface area contributed by atoms with E-state index >= 15 is 0 Å². The second-order valence-corrected chi connectivity index (χ2v) is 12.6. The molecule has 2 saturated heterocycles. The fourth-order valence-electron chi connectivity index (χ4n) is 5.89. The molecule has 4 N–H and O–H groups in total. The number of thioether (sulfide) groups is 1. The van der Waals surface area contributed by atoms with Crippen LogP contribution in [0.2, 0.25) is 0 Å². The van der Waals surface area contributed by atoms with Crippen LogP contribution in [0.5, 0.6) is 0 Å². The van der Waals surface area contributed by atoms with E-state index in [2.05, 4.69) is 10.3 Å². The normalized spacial score (nSPS) is 29.8. The van der Waals surface area contributed by atoms with E-state index in [0.717, 1.165) is 41.9 Å². The summed E-state index contributed by atoms with van der Waals surface area (Å²) in [6.07, 6.45) is -3.00. The Morgan fingerprint density at radius 2 is 1.67 bits per heavy atom. The maximum atomic E-state index is 14.0. The van der Waals surface area contributed by atoms with Crippen molar-refractivity contribution >= 4 is 17.7 Å². The molecule has 3 heterocycles. The molecule has 0 spiro atoms. The summed E-state index contributed by atoms with van der Waals surface area (Å²) < 4.78 is 76.0. The van der Waals surface area contributed by atoms with Gasteiger partial charge in [0, 0.05) is 31.5 Å². The fraction of sp³-hybridized carbons (Fsp3) is 0.667. The van der Waals surface area contributed by atoms with Gasteiger partial charge in [0.1, 0.15) is 40.7 Å². The predicted molar refractivity (Wildman–Crippen MR) is 142 cm³/mol. The molecule has 16 heteroatoms. The number of alkyl halides is 2. The monoisotopic (exact) mass is 636 g/mol. The summed E-state index contributed by atoms with van der Waals surface area (Å²) in [6, 6.07) is 0.0319. The van der Waals surface area contributed by atoms with Gasteiger partial charge in [0.25, 0.3) is 0 Å². The van der Waals surface area contributed by atoms with Crippen molar-refractivity contribution in [1.82, 2.24) is 19.9 Å². The van der Waals surface area contributed by atoms with Gasteiger partial charge in [-0.15, -0.1) is 16.9 Å². The Labute approximate surface area is 247 Å². The van der Waals surface area contributed by atoms with Crippen LogP contribution in [-0.4, -0.2) is 106 Å². The summed E-state index contributed by atoms with van der Waals surface area (Å²) in [6.45, 7) is 0.116. The average Bonchev–Trinajstić information content (AvgIpc) is 3.47. The largest absolute Gasteiger partial charge is 0.394 e. The van der Waals surface area contributed by atoms with Crippen LogP contribution in [0.1, 0.15) is 51.0 Å². The molecule has 5 rings (SSSR count). The fourth-order valence-corrected chi connectivity index (χ4v) is 7.44. The summed E-state index contributed by atoms with van der Waals surface area (Å²) in [7, 11) is 0. The molecule has 1 aromatic heterocycles. The first kappa shape index (κ1) is 32.0. The van der Waals surface area contributed by atoms with Crippen molar-refractivity contribution in [1.29, 1.82) is 0 Å². The first-order chi connectivity index (χ1) is 20.3. The first-order valence-electron chi connectivity index (χ1n) is 14.1. The van der Waals surface area contributed by atoms with Crippen molar-refractivity contribution in [3.63, 3.8) is 0 Å². The quantitative estimate of drug-likeness (QED) is 0.266. The Bertz CT molecular complexity index is 1280. The highest BCUT2D eigenvalue weighted by Gasteiger charge is 2.54. The lowest BCUT2D eigenvalue weighted by atomic mass is 9.80. The second-order valence-electron chi connectivity index (χ2n) is 11.4. The van der Waals surface area contributed by atoms with Crippen molar-refractivity contribution < 1.29 is 51.9 Å². The molecular formula is C27H33F5N4O6S. The van der Waals surface area contributed by atoms with Gasteiger partial charge in [-0.3, -0.25) is 4.79 Å². The topological polar surface area (TPSA) is 141 Å². The number of amides is 1. The SMILES string of the molecule is O=C([C@@H](S[C@@H]1O[C@H](CO)[C@H](O)[C@H](n2cc(-c3cc(F)c(F)c(F)c3)nn2)[C@H]1O)C1(O)CCC(F)(F)CC1)N1CCCCC1. The molecule has 43 heavy (non-hydrogen) atoms. The Morgan fingerprint density at radius 3 is 2.28 bits per heavy atom. The van der Waals surface area contributed by atoms with E-state index in [1.54, 1.807) is 4.90 Å². The van der Waals surface area contributed by atoms with Gasteiger partial charge in [0.05, 0.1) is 18.4 Å². The van der Waals surface area contributed by atoms with Crippen LogP contribution in [0.25, 0.3) is 11.3 Å². The van der Waals surface area contributed by atoms with Crippen LogP contribution in [0.3, 0.4) is 0 Å². The number of benzene rings is 1. The average molecular weight is 637 g/mol. The number of carbonyl (C=O) groups excluding carboxylic acids is 1. The zero-order chi connectivity index (χ0) is 31.1. The number of carbonyl (C=O) groups is 1. The first-order valence-corrected chi connectivity index (χ1v) is 15.0. The number of aromatic nitrogens is 3. The van der Waals surface area contributed by atoms with Crippen LogP contribution in [-0.2, 0) is 9.53 Å². The summed E-state index contributed by atoms with van der Waals surface area (Å²) in [5.41, 5.74) is -3.50. The number of halogens is 5. The molecule has 1 aromatic carbocycles. The molecule has 6 atom stereocenters. The molecule has 2 aliphatic heterocycles. The van der Waals surface area contributed by atoms with Gasteiger partial charge in [-0.05, 0) is 44.2 Å². The number of aliphatic hydroxyl groups is 4. The Hall–Kier alpha value is -2.37. The molecule has 10 nitrogen and oxygen atoms in total. The third-order valence-corrected chi connectivity index (χ3v) is 10.0. The number of rotatable bonds is 7. The number of ether oxygens (including phenoxy) is 1. The third kappa shape index (κ3) is 6.54. The van der Waals surface area contributed by atoms with Crippen LogP contribution in [0.15, 0.2) is 18.3 Å². The van der Waals surface area contributed by atoms with Crippen LogP contribution < -0.4 is 0 Å². The molecule has 1 saturated carbocycles. The molecule has 1 aliphatic carbocycles. The highest BCUT2D eigenvalue weighted by atomic mass is 32.2. The van der Waals surface area contributed by atoms with E-state index < -0.39 is 89.4 Å². The van der Waals surface area contributed by atoms with Crippen molar-refractivity contribution in [2.24, 2.45) is 0 Å². The van der Waals surface area contributed by atoms with E-state index in [9.17, 15) is 47.2 Å². The lowest BCUT2D eigenvalue weighted by molar-refractivity contribution is -0.179. The number of nitrogens with zero attached hydrogens (tertiary/aromatic N) is 4. The Morgan fingerprint density at radius 1 is 1.05 bits per heavy atom. The minimum atomic E-state index is -2.99. The van der Waals surface area contributed by atoms with Crippen molar-refractivity contribution in [3.8, 4) is 11.3 Å². The summed E-state index contributed by atoms with van der Waals surface area (Å²) in [5, 5.41) is 50.3. The van der Waals surface area contributed by atoms with Crippen molar-refractivity contribution in [2.45, 2.75) is 91.5 Å². The summed E-state index contributed by atoms with van der Waals surface area (Å²) >= 11 is 0.726. The molecule has 3 aliphatic rings. The standard InChI is InChI=1S/C27H33F5N4O6S/c28-15-10-14(11-16(29)19(15)30)17-12-36(34-33-17)20-21(38)18(13-37)42-25(22(20)39)43-23(24(40)35-8-2-1-3-9-35)26(41)4-6-27(31,32)7-5-26/h10-12,18,20-23,25,37-39,41H,1-9,13H2/t18-,20+,21+,22-,23-,25+/m1/s1. The highest BCUT2D eigenvalue weighted by Crippen LogP contribution is 2.47. The van der Waals surface area contributed by atoms with Gasteiger partial charge >= 0.3 is 0 Å². The van der Waals surface area contributed by atoms with Gasteiger partial charge in [-0.2, -0.15) is 0 Å². The molecule has 2 aromatic rings. The minimum absolute atomic E-state index is 0.121. The third-order valence-electron chi connectivity index (χ3n) is 8.44. The second kappa shape index (κ2) is 12.6. The lowest BCUT2D eigenvalue weighted by Gasteiger charge is -2.46. The van der Waals surface area contributed by atoms with E-state index in [0.29, 0.717) is 25.2 Å². The lowest BCUT2D eigenvalue weighted by Crippen LogP contribution is -2.59. The van der Waals surface area contributed by atoms with Gasteiger partial charge in [0.15, 0.2) is 17.5 Å². The predicted octanol–water partition coefficient (Wildman–Crippen LogP) is 2.40. The van der Waals surface area contributed by atoms with Gasteiger partial charge in [-0.25, -0.2) is 26.6 Å².